The lowest BCUT2D eigenvalue weighted by Gasteiger charge is -2.29. The Balaban J connectivity index is 1.95. The molecule has 1 aromatic heterocycles. The maximum absolute atomic E-state index is 11.0. The molecule has 110 valence electrons. The summed E-state index contributed by atoms with van der Waals surface area (Å²) in [4.78, 5) is 16.5. The van der Waals surface area contributed by atoms with Gasteiger partial charge in [0.25, 0.3) is 0 Å². The third-order valence-corrected chi connectivity index (χ3v) is 3.73. The smallest absolute Gasteiger partial charge is 0.407 e. The van der Waals surface area contributed by atoms with Crippen molar-refractivity contribution in [3.05, 3.63) is 36.4 Å². The lowest BCUT2D eigenvalue weighted by Crippen LogP contribution is -2.31. The van der Waals surface area contributed by atoms with E-state index in [1.54, 1.807) is 13.3 Å². The third-order valence-electron chi connectivity index (χ3n) is 3.73. The predicted molar refractivity (Wildman–Crippen MR) is 75.4 cm³/mol. The molecule has 1 unspecified atom stereocenters. The van der Waals surface area contributed by atoms with Crippen LogP contribution in [0.25, 0.3) is 11.3 Å². The lowest BCUT2D eigenvalue weighted by atomic mass is 9.90. The SMILES string of the molecule is CN(CC1CCOc2c(-c3cocn3)cccc21)C(=O)O. The molecule has 0 aliphatic carbocycles. The van der Waals surface area contributed by atoms with Crippen molar-refractivity contribution in [2.75, 3.05) is 20.2 Å². The average Bonchev–Trinajstić information content (AvgIpc) is 3.01. The van der Waals surface area contributed by atoms with Crippen LogP contribution in [0.15, 0.2) is 35.3 Å². The van der Waals surface area contributed by atoms with Gasteiger partial charge in [0.2, 0.25) is 0 Å². The van der Waals surface area contributed by atoms with Crippen molar-refractivity contribution in [1.29, 1.82) is 0 Å². The van der Waals surface area contributed by atoms with Crippen molar-refractivity contribution in [3.63, 3.8) is 0 Å². The minimum absolute atomic E-state index is 0.127. The van der Waals surface area contributed by atoms with Crippen LogP contribution >= 0.6 is 0 Å². The highest BCUT2D eigenvalue weighted by Crippen LogP contribution is 2.40. The van der Waals surface area contributed by atoms with Crippen LogP contribution in [0.2, 0.25) is 0 Å². The molecule has 1 aliphatic rings. The standard InChI is InChI=1S/C15H16N2O4/c1-17(15(18)19)7-10-5-6-21-14-11(10)3-2-4-12(14)13-8-20-9-16-13/h2-4,8-10H,5-7H2,1H3,(H,18,19). The second-order valence-electron chi connectivity index (χ2n) is 5.09. The van der Waals surface area contributed by atoms with Gasteiger partial charge in [-0.2, -0.15) is 0 Å². The van der Waals surface area contributed by atoms with Gasteiger partial charge >= 0.3 is 6.09 Å². The van der Waals surface area contributed by atoms with E-state index >= 15 is 0 Å². The topological polar surface area (TPSA) is 75.8 Å². The Kier molecular flexibility index (Phi) is 3.51. The normalized spacial score (nSPS) is 16.9. The summed E-state index contributed by atoms with van der Waals surface area (Å²) in [6.45, 7) is 1.02. The van der Waals surface area contributed by atoms with E-state index in [-0.39, 0.29) is 5.92 Å². The number of amides is 1. The van der Waals surface area contributed by atoms with Gasteiger partial charge < -0.3 is 19.2 Å². The maximum atomic E-state index is 11.0. The van der Waals surface area contributed by atoms with E-state index in [1.807, 2.05) is 18.2 Å². The molecule has 0 radical (unpaired) electrons. The number of oxazole rings is 1. The van der Waals surface area contributed by atoms with Gasteiger partial charge in [-0.15, -0.1) is 0 Å². The van der Waals surface area contributed by atoms with Gasteiger partial charge in [-0.3, -0.25) is 0 Å². The van der Waals surface area contributed by atoms with Gasteiger partial charge in [0.1, 0.15) is 17.7 Å². The fraction of sp³-hybridized carbons (Fsp3) is 0.333. The lowest BCUT2D eigenvalue weighted by molar-refractivity contribution is 0.149. The number of hydrogen-bond acceptors (Lipinski definition) is 4. The van der Waals surface area contributed by atoms with Crippen LogP contribution in [0.5, 0.6) is 5.75 Å². The quantitative estimate of drug-likeness (QED) is 0.939. The van der Waals surface area contributed by atoms with Crippen molar-refractivity contribution in [1.82, 2.24) is 9.88 Å². The molecule has 0 saturated carbocycles. The summed E-state index contributed by atoms with van der Waals surface area (Å²) in [5, 5.41) is 9.04. The number of rotatable bonds is 3. The van der Waals surface area contributed by atoms with E-state index < -0.39 is 6.09 Å². The number of nitrogens with zero attached hydrogens (tertiary/aromatic N) is 2. The molecular formula is C15H16N2O4. The minimum Gasteiger partial charge on any atom is -0.493 e. The second-order valence-corrected chi connectivity index (χ2v) is 5.09. The Hall–Kier alpha value is -2.50. The van der Waals surface area contributed by atoms with E-state index in [0.29, 0.717) is 13.2 Å². The summed E-state index contributed by atoms with van der Waals surface area (Å²) >= 11 is 0. The number of fused-ring (bicyclic) bond motifs is 1. The molecular weight excluding hydrogens is 272 g/mol. The number of carbonyl (C=O) groups is 1. The van der Waals surface area contributed by atoms with Crippen LogP contribution in [-0.4, -0.2) is 41.3 Å². The van der Waals surface area contributed by atoms with E-state index in [2.05, 4.69) is 4.98 Å². The molecule has 0 spiro atoms. The first-order valence-corrected chi connectivity index (χ1v) is 6.75. The third kappa shape index (κ3) is 2.56. The predicted octanol–water partition coefficient (Wildman–Crippen LogP) is 2.82. The van der Waals surface area contributed by atoms with Crippen LogP contribution in [0.4, 0.5) is 4.79 Å². The highest BCUT2D eigenvalue weighted by molar-refractivity contribution is 5.69. The van der Waals surface area contributed by atoms with Crippen LogP contribution < -0.4 is 4.74 Å². The zero-order valence-corrected chi connectivity index (χ0v) is 11.7. The summed E-state index contributed by atoms with van der Waals surface area (Å²) in [6, 6.07) is 5.85. The van der Waals surface area contributed by atoms with Gasteiger partial charge in [-0.05, 0) is 18.1 Å². The van der Waals surface area contributed by atoms with Crippen LogP contribution in [-0.2, 0) is 0 Å². The molecule has 0 fully saturated rings. The Morgan fingerprint density at radius 3 is 3.10 bits per heavy atom. The summed E-state index contributed by atoms with van der Waals surface area (Å²) in [7, 11) is 1.58. The summed E-state index contributed by atoms with van der Waals surface area (Å²) in [5.74, 6) is 0.906. The second kappa shape index (κ2) is 5.47. The van der Waals surface area contributed by atoms with Gasteiger partial charge in [0, 0.05) is 25.1 Å². The Morgan fingerprint density at radius 1 is 1.52 bits per heavy atom. The number of hydrogen-bond donors (Lipinski definition) is 1. The van der Waals surface area contributed by atoms with E-state index in [9.17, 15) is 4.79 Å². The van der Waals surface area contributed by atoms with Crippen molar-refractivity contribution < 1.29 is 19.1 Å². The molecule has 1 aliphatic heterocycles. The van der Waals surface area contributed by atoms with Gasteiger partial charge in [0.15, 0.2) is 6.39 Å². The number of aromatic nitrogens is 1. The summed E-state index contributed by atoms with van der Waals surface area (Å²) < 4.78 is 10.8. The van der Waals surface area contributed by atoms with Crippen molar-refractivity contribution in [2.45, 2.75) is 12.3 Å². The first-order chi connectivity index (χ1) is 10.2. The molecule has 1 N–H and O–H groups in total. The average molecular weight is 288 g/mol. The number of ether oxygens (including phenoxy) is 1. The summed E-state index contributed by atoms with van der Waals surface area (Å²) in [5.41, 5.74) is 2.62. The van der Waals surface area contributed by atoms with Crippen molar-refractivity contribution in [3.8, 4) is 17.0 Å². The molecule has 2 heterocycles. The largest absolute Gasteiger partial charge is 0.493 e. The number of para-hydroxylation sites is 1. The zero-order chi connectivity index (χ0) is 14.8. The zero-order valence-electron chi connectivity index (χ0n) is 11.7. The molecule has 3 rings (SSSR count). The Bertz CT molecular complexity index is 639. The molecule has 0 saturated heterocycles. The number of carboxylic acid groups (broad SMARTS) is 1. The van der Waals surface area contributed by atoms with Crippen LogP contribution in [0.3, 0.4) is 0 Å². The fourth-order valence-corrected chi connectivity index (χ4v) is 2.64. The highest BCUT2D eigenvalue weighted by atomic mass is 16.5. The first kappa shape index (κ1) is 13.5. The monoisotopic (exact) mass is 288 g/mol. The Labute approximate surface area is 122 Å². The van der Waals surface area contributed by atoms with Gasteiger partial charge in [-0.1, -0.05) is 12.1 Å². The van der Waals surface area contributed by atoms with Crippen LogP contribution in [0, 0.1) is 0 Å². The maximum Gasteiger partial charge on any atom is 0.407 e. The fourth-order valence-electron chi connectivity index (χ4n) is 2.64. The van der Waals surface area contributed by atoms with E-state index in [0.717, 1.165) is 29.0 Å². The molecule has 2 aromatic rings. The highest BCUT2D eigenvalue weighted by Gasteiger charge is 2.26. The minimum atomic E-state index is -0.921. The number of benzene rings is 1. The van der Waals surface area contributed by atoms with Gasteiger partial charge in [-0.25, -0.2) is 9.78 Å². The van der Waals surface area contributed by atoms with Gasteiger partial charge in [0.05, 0.1) is 6.61 Å². The van der Waals surface area contributed by atoms with Crippen molar-refractivity contribution in [2.24, 2.45) is 0 Å². The molecule has 1 aromatic carbocycles. The van der Waals surface area contributed by atoms with E-state index in [4.69, 9.17) is 14.3 Å². The van der Waals surface area contributed by atoms with Crippen LogP contribution in [0.1, 0.15) is 17.9 Å². The van der Waals surface area contributed by atoms with Crippen molar-refractivity contribution >= 4 is 6.09 Å². The molecule has 6 nitrogen and oxygen atoms in total. The molecule has 21 heavy (non-hydrogen) atoms. The molecule has 1 amide bonds. The number of likely N-dealkylation sites (N-methyl/N-ethyl adjacent to an activating group) is 1. The molecule has 6 heteroatoms. The first-order valence-electron chi connectivity index (χ1n) is 6.75. The molecule has 1 atom stereocenters. The Morgan fingerprint density at radius 2 is 2.38 bits per heavy atom. The van der Waals surface area contributed by atoms with E-state index in [1.165, 1.54) is 11.3 Å². The molecule has 0 bridgehead atoms. The summed E-state index contributed by atoms with van der Waals surface area (Å²) in [6.07, 6.45) is 2.84.